The van der Waals surface area contributed by atoms with Gasteiger partial charge in [0.1, 0.15) is 11.6 Å². The molecule has 0 unspecified atom stereocenters. The van der Waals surface area contributed by atoms with Crippen molar-refractivity contribution in [3.8, 4) is 5.75 Å². The minimum absolute atomic E-state index is 0.0148. The van der Waals surface area contributed by atoms with E-state index in [1.54, 1.807) is 0 Å². The molecule has 0 saturated carbocycles. The zero-order chi connectivity index (χ0) is 16.1. The topological polar surface area (TPSA) is 41.6 Å². The summed E-state index contributed by atoms with van der Waals surface area (Å²) in [6.07, 6.45) is 1.90. The first kappa shape index (κ1) is 17.0. The van der Waals surface area contributed by atoms with Gasteiger partial charge in [0.05, 0.1) is 5.02 Å². The molecule has 1 amide bonds. The number of benzene rings is 1. The average Bonchev–Trinajstić information content (AvgIpc) is 2.49. The number of hydrogen-bond donors (Lipinski definition) is 1. The molecule has 0 bridgehead atoms. The van der Waals surface area contributed by atoms with Crippen LogP contribution in [0.3, 0.4) is 0 Å². The molecule has 0 aromatic heterocycles. The van der Waals surface area contributed by atoms with E-state index in [9.17, 15) is 9.18 Å². The normalized spacial score (nSPS) is 16.8. The first-order chi connectivity index (χ1) is 10.5. The first-order valence-electron chi connectivity index (χ1n) is 7.57. The minimum atomic E-state index is -0.504. The van der Waals surface area contributed by atoms with Crippen LogP contribution in [0.25, 0.3) is 0 Å². The van der Waals surface area contributed by atoms with Crippen LogP contribution in [0, 0.1) is 5.82 Å². The van der Waals surface area contributed by atoms with E-state index < -0.39 is 5.82 Å². The SMILES string of the molecule is CC(C)N1CCC(NC(=O)COc2ccc(F)c(Cl)c2)CC1. The Hall–Kier alpha value is -1.33. The molecule has 1 aromatic rings. The molecule has 0 spiro atoms. The summed E-state index contributed by atoms with van der Waals surface area (Å²) < 4.78 is 18.4. The lowest BCUT2D eigenvalue weighted by Gasteiger charge is -2.34. The third-order valence-corrected chi connectivity index (χ3v) is 4.18. The van der Waals surface area contributed by atoms with Crippen molar-refractivity contribution in [1.82, 2.24) is 10.2 Å². The number of ether oxygens (including phenoxy) is 1. The van der Waals surface area contributed by atoms with Crippen molar-refractivity contribution in [2.45, 2.75) is 38.8 Å². The Bertz CT molecular complexity index is 517. The molecule has 22 heavy (non-hydrogen) atoms. The summed E-state index contributed by atoms with van der Waals surface area (Å²) in [7, 11) is 0. The zero-order valence-corrected chi connectivity index (χ0v) is 13.7. The number of hydrogen-bond acceptors (Lipinski definition) is 3. The summed E-state index contributed by atoms with van der Waals surface area (Å²) in [5, 5.41) is 2.96. The van der Waals surface area contributed by atoms with Gasteiger partial charge in [-0.2, -0.15) is 0 Å². The van der Waals surface area contributed by atoms with E-state index in [-0.39, 0.29) is 23.6 Å². The molecule has 1 aliphatic heterocycles. The Morgan fingerprint density at radius 2 is 2.14 bits per heavy atom. The lowest BCUT2D eigenvalue weighted by Crippen LogP contribution is -2.47. The molecule has 6 heteroatoms. The van der Waals surface area contributed by atoms with Crippen LogP contribution in [0.5, 0.6) is 5.75 Å². The van der Waals surface area contributed by atoms with E-state index in [1.165, 1.54) is 18.2 Å². The van der Waals surface area contributed by atoms with Crippen LogP contribution in [0.2, 0.25) is 5.02 Å². The quantitative estimate of drug-likeness (QED) is 0.903. The van der Waals surface area contributed by atoms with Crippen LogP contribution in [0.1, 0.15) is 26.7 Å². The lowest BCUT2D eigenvalue weighted by molar-refractivity contribution is -0.124. The van der Waals surface area contributed by atoms with E-state index in [0.717, 1.165) is 25.9 Å². The van der Waals surface area contributed by atoms with E-state index in [4.69, 9.17) is 16.3 Å². The predicted octanol–water partition coefficient (Wildman–Crippen LogP) is 2.85. The Morgan fingerprint density at radius 3 is 2.73 bits per heavy atom. The molecule has 1 N–H and O–H groups in total. The molecule has 1 aliphatic rings. The number of carbonyl (C=O) groups excluding carboxylic acids is 1. The summed E-state index contributed by atoms with van der Waals surface area (Å²) >= 11 is 5.66. The zero-order valence-electron chi connectivity index (χ0n) is 12.9. The third kappa shape index (κ3) is 4.85. The van der Waals surface area contributed by atoms with Crippen LogP contribution in [0.15, 0.2) is 18.2 Å². The fourth-order valence-corrected chi connectivity index (χ4v) is 2.72. The van der Waals surface area contributed by atoms with Gasteiger partial charge in [0.25, 0.3) is 5.91 Å². The van der Waals surface area contributed by atoms with E-state index in [2.05, 4.69) is 24.1 Å². The minimum Gasteiger partial charge on any atom is -0.484 e. The molecule has 0 atom stereocenters. The smallest absolute Gasteiger partial charge is 0.258 e. The largest absolute Gasteiger partial charge is 0.484 e. The molecular weight excluding hydrogens is 307 g/mol. The van der Waals surface area contributed by atoms with Gasteiger partial charge in [0.2, 0.25) is 0 Å². The molecular formula is C16H22ClFN2O2. The fraction of sp³-hybridized carbons (Fsp3) is 0.562. The number of piperidine rings is 1. The van der Waals surface area contributed by atoms with Crippen molar-refractivity contribution in [3.63, 3.8) is 0 Å². The number of halogens is 2. The number of rotatable bonds is 5. The highest BCUT2D eigenvalue weighted by Crippen LogP contribution is 2.21. The van der Waals surface area contributed by atoms with Crippen LogP contribution < -0.4 is 10.1 Å². The highest BCUT2D eigenvalue weighted by atomic mass is 35.5. The van der Waals surface area contributed by atoms with Gasteiger partial charge in [-0.15, -0.1) is 0 Å². The molecule has 0 radical (unpaired) electrons. The number of likely N-dealkylation sites (tertiary alicyclic amines) is 1. The van der Waals surface area contributed by atoms with Crippen LogP contribution in [-0.2, 0) is 4.79 Å². The molecule has 2 rings (SSSR count). The molecule has 122 valence electrons. The summed E-state index contributed by atoms with van der Waals surface area (Å²) in [6.45, 7) is 6.27. The summed E-state index contributed by atoms with van der Waals surface area (Å²) in [5.41, 5.74) is 0. The van der Waals surface area contributed by atoms with Crippen molar-refractivity contribution >= 4 is 17.5 Å². The van der Waals surface area contributed by atoms with Gasteiger partial charge < -0.3 is 15.0 Å². The molecule has 1 aromatic carbocycles. The maximum atomic E-state index is 13.0. The summed E-state index contributed by atoms with van der Waals surface area (Å²) in [4.78, 5) is 14.3. The van der Waals surface area contributed by atoms with Crippen LogP contribution in [0.4, 0.5) is 4.39 Å². The van der Waals surface area contributed by atoms with E-state index in [0.29, 0.717) is 11.8 Å². The fourth-order valence-electron chi connectivity index (χ4n) is 2.55. The maximum Gasteiger partial charge on any atom is 0.258 e. The molecule has 1 heterocycles. The van der Waals surface area contributed by atoms with Gasteiger partial charge in [-0.05, 0) is 38.8 Å². The van der Waals surface area contributed by atoms with Crippen LogP contribution >= 0.6 is 11.6 Å². The van der Waals surface area contributed by atoms with Crippen molar-refractivity contribution < 1.29 is 13.9 Å². The highest BCUT2D eigenvalue weighted by Gasteiger charge is 2.22. The van der Waals surface area contributed by atoms with Gasteiger partial charge in [-0.1, -0.05) is 11.6 Å². The molecule has 4 nitrogen and oxygen atoms in total. The van der Waals surface area contributed by atoms with Gasteiger partial charge in [0.15, 0.2) is 6.61 Å². The van der Waals surface area contributed by atoms with Gasteiger partial charge in [-0.25, -0.2) is 4.39 Å². The number of amides is 1. The Labute approximate surface area is 135 Å². The molecule has 1 saturated heterocycles. The molecule has 1 fully saturated rings. The maximum absolute atomic E-state index is 13.0. The summed E-state index contributed by atoms with van der Waals surface area (Å²) in [6, 6.07) is 4.78. The van der Waals surface area contributed by atoms with Crippen LogP contribution in [-0.4, -0.2) is 42.6 Å². The van der Waals surface area contributed by atoms with Gasteiger partial charge in [-0.3, -0.25) is 4.79 Å². The second-order valence-corrected chi connectivity index (χ2v) is 6.24. The standard InChI is InChI=1S/C16H22ClFN2O2/c1-11(2)20-7-5-12(6-8-20)19-16(21)10-22-13-3-4-15(18)14(17)9-13/h3-4,9,11-12H,5-8,10H2,1-2H3,(H,19,21). The number of nitrogens with zero attached hydrogens (tertiary/aromatic N) is 1. The van der Waals surface area contributed by atoms with Crippen molar-refractivity contribution in [2.24, 2.45) is 0 Å². The van der Waals surface area contributed by atoms with Crippen molar-refractivity contribution in [2.75, 3.05) is 19.7 Å². The van der Waals surface area contributed by atoms with Gasteiger partial charge in [0, 0.05) is 31.2 Å². The van der Waals surface area contributed by atoms with Crippen molar-refractivity contribution in [3.05, 3.63) is 29.0 Å². The Balaban J connectivity index is 1.73. The van der Waals surface area contributed by atoms with Gasteiger partial charge >= 0.3 is 0 Å². The average molecular weight is 329 g/mol. The highest BCUT2D eigenvalue weighted by molar-refractivity contribution is 6.30. The second kappa shape index (κ2) is 7.79. The predicted molar refractivity (Wildman–Crippen MR) is 84.8 cm³/mol. The summed E-state index contributed by atoms with van der Waals surface area (Å²) in [5.74, 6) is -0.282. The first-order valence-corrected chi connectivity index (χ1v) is 7.94. The number of carbonyl (C=O) groups is 1. The van der Waals surface area contributed by atoms with E-state index in [1.807, 2.05) is 0 Å². The monoisotopic (exact) mass is 328 g/mol. The lowest BCUT2D eigenvalue weighted by atomic mass is 10.0. The second-order valence-electron chi connectivity index (χ2n) is 5.84. The number of nitrogens with one attached hydrogen (secondary N) is 1. The molecule has 0 aliphatic carbocycles. The van der Waals surface area contributed by atoms with Crippen molar-refractivity contribution in [1.29, 1.82) is 0 Å². The Morgan fingerprint density at radius 1 is 1.45 bits per heavy atom. The van der Waals surface area contributed by atoms with E-state index >= 15 is 0 Å². The third-order valence-electron chi connectivity index (χ3n) is 3.89. The Kier molecular flexibility index (Phi) is 6.03.